The van der Waals surface area contributed by atoms with E-state index in [4.69, 9.17) is 60.6 Å². The average Bonchev–Trinajstić information content (AvgIpc) is 3.89. The molecule has 0 amide bonds. The fourth-order valence-electron chi connectivity index (χ4n) is 10.7. The van der Waals surface area contributed by atoms with Crippen LogP contribution in [0.5, 0.6) is 0 Å². The minimum absolute atomic E-state index is 0.0276. The third-order valence-electron chi connectivity index (χ3n) is 17.7. The maximum atomic E-state index is 15.0. The highest BCUT2D eigenvalue weighted by molar-refractivity contribution is 7.48. The summed E-state index contributed by atoms with van der Waals surface area (Å²) in [6, 6.07) is 16.1. The Hall–Kier alpha value is -3.30. The Morgan fingerprint density at radius 2 is 1.49 bits per heavy atom. The second-order valence-electron chi connectivity index (χ2n) is 24.1. The number of hydrogen-bond donors (Lipinski definition) is 0. The molecule has 7 rings (SSSR count). The van der Waals surface area contributed by atoms with Crippen molar-refractivity contribution in [2.45, 2.75) is 227 Å². The molecule has 0 radical (unpaired) electrons. The van der Waals surface area contributed by atoms with Crippen molar-refractivity contribution in [2.24, 2.45) is 40.6 Å². The van der Waals surface area contributed by atoms with Crippen molar-refractivity contribution in [2.75, 3.05) is 13.2 Å². The number of hydrogen-bond acceptors (Lipinski definition) is 17. The zero-order valence-electron chi connectivity index (χ0n) is 48.6. The molecule has 0 bridgehead atoms. The van der Waals surface area contributed by atoms with E-state index >= 15 is 0 Å². The fourth-order valence-corrected chi connectivity index (χ4v) is 14.5. The van der Waals surface area contributed by atoms with E-state index in [1.165, 1.54) is 0 Å². The van der Waals surface area contributed by atoms with Crippen LogP contribution in [0.2, 0.25) is 18.1 Å². The molecule has 0 N–H and O–H groups in total. The molecule has 0 aliphatic carbocycles. The number of carbonyl (C=O) groups is 2. The van der Waals surface area contributed by atoms with Crippen molar-refractivity contribution in [1.29, 1.82) is 0 Å². The highest BCUT2D eigenvalue weighted by atomic mass is 31.2. The van der Waals surface area contributed by atoms with E-state index in [0.29, 0.717) is 18.8 Å². The van der Waals surface area contributed by atoms with Crippen LogP contribution in [-0.2, 0) is 94.6 Å². The summed E-state index contributed by atoms with van der Waals surface area (Å²) >= 11 is 0. The number of fused-ring (bicyclic) bond motifs is 2. The van der Waals surface area contributed by atoms with Gasteiger partial charge in [0.2, 0.25) is 0 Å². The van der Waals surface area contributed by atoms with Gasteiger partial charge in [-0.05, 0) is 83.8 Å². The van der Waals surface area contributed by atoms with Crippen molar-refractivity contribution < 1.29 is 74.8 Å². The minimum Gasteiger partial charge on any atom is -0.459 e. The van der Waals surface area contributed by atoms with Crippen LogP contribution in [0.15, 0.2) is 59.7 Å². The Morgan fingerprint density at radius 3 is 2.10 bits per heavy atom. The lowest BCUT2D eigenvalue weighted by molar-refractivity contribution is -0.334. The van der Waals surface area contributed by atoms with E-state index in [9.17, 15) is 19.7 Å². The van der Waals surface area contributed by atoms with Crippen LogP contribution in [0.3, 0.4) is 0 Å². The number of phosphoric ester groups is 1. The largest absolute Gasteiger partial charge is 0.475 e. The van der Waals surface area contributed by atoms with Gasteiger partial charge in [0.05, 0.1) is 50.8 Å². The van der Waals surface area contributed by atoms with Crippen LogP contribution in [0.25, 0.3) is 10.4 Å². The standard InChI is InChI=1S/C57H88N3O16PSi/c1-16-35(5)27-46(61)71-49-39(9)52(64-32-44-37(7)38(8)47(59-60-58)53(69-44)76-78(14,15)55(10,11)34(3)4)70-45(51(49)75-77(63)67-30-41-25-21-22-26-42(41)31-68-77)33-66-57(54(62)65-29-40-23-19-18-20-24-40)28-43-50(73-56(12,13)72-43)48(74-57)36(6)17-2/h18-26,34-39,43-45,47-53H,16-17,27-33H2,1-15H3/t35-,36-,37+,38+,39?,43-,44?,45?,47?,48?,49-,50-,51-,52-,53+,57-/m1/s1. The van der Waals surface area contributed by atoms with Gasteiger partial charge in [-0.25, -0.2) is 9.36 Å². The number of phosphoric acid groups is 1. The fraction of sp³-hybridized carbons (Fsp3) is 0.754. The second-order valence-corrected chi connectivity index (χ2v) is 30.3. The summed E-state index contributed by atoms with van der Waals surface area (Å²) in [6.45, 7) is 29.7. The number of ether oxygens (including phenoxy) is 9. The predicted octanol–water partition coefficient (Wildman–Crippen LogP) is 12.1. The molecule has 0 spiro atoms. The average molecular weight is 1130 g/mol. The molecular weight excluding hydrogens is 1040 g/mol. The van der Waals surface area contributed by atoms with Crippen molar-refractivity contribution >= 4 is 28.1 Å². The van der Waals surface area contributed by atoms with Crippen molar-refractivity contribution in [1.82, 2.24) is 0 Å². The van der Waals surface area contributed by atoms with Crippen LogP contribution in [-0.4, -0.2) is 106 Å². The van der Waals surface area contributed by atoms with Crippen LogP contribution in [0, 0.1) is 35.5 Å². The van der Waals surface area contributed by atoms with Crippen molar-refractivity contribution in [3.63, 3.8) is 0 Å². The molecule has 21 heteroatoms. The van der Waals surface area contributed by atoms with Gasteiger partial charge in [-0.1, -0.05) is 149 Å². The molecule has 5 aliphatic heterocycles. The summed E-state index contributed by atoms with van der Waals surface area (Å²) in [7, 11) is -7.04. The predicted molar refractivity (Wildman–Crippen MR) is 291 cm³/mol. The number of rotatable bonds is 22. The summed E-state index contributed by atoms with van der Waals surface area (Å²) in [5.74, 6) is -5.49. The Kier molecular flexibility index (Phi) is 20.7. The van der Waals surface area contributed by atoms with E-state index in [1.807, 2.05) is 110 Å². The van der Waals surface area contributed by atoms with Gasteiger partial charge in [0.15, 0.2) is 26.7 Å². The lowest BCUT2D eigenvalue weighted by Crippen LogP contribution is -2.63. The number of azide groups is 1. The van der Waals surface area contributed by atoms with E-state index in [-0.39, 0.29) is 68.0 Å². The van der Waals surface area contributed by atoms with Crippen molar-refractivity contribution in [3.05, 3.63) is 81.7 Å². The van der Waals surface area contributed by atoms with Gasteiger partial charge in [-0.3, -0.25) is 18.4 Å². The van der Waals surface area contributed by atoms with Gasteiger partial charge in [0.1, 0.15) is 31.0 Å². The molecule has 5 aliphatic rings. The van der Waals surface area contributed by atoms with Gasteiger partial charge in [-0.2, -0.15) is 0 Å². The SMILES string of the molecule is CC[C@@H](C)CC(=O)O[C@@H]1C(C)[C@H](OCC2O[C@@H](O[Si](C)(C)C(C)(C)C(C)C)C(N=[N+]=[N-])[C@@H](C)[C@@H]2C)OC(CO[C@]2(C(=O)OCc3ccccc3)C[C@H]3OC(C)(C)O[C@H]3C([C@H](C)CC)O2)[C@H]1OP1(=O)OCc2ccccc2CO1. The Balaban J connectivity index is 1.26. The highest BCUT2D eigenvalue weighted by Crippen LogP contribution is 2.56. The normalized spacial score (nSPS) is 33.6. The Morgan fingerprint density at radius 1 is 0.846 bits per heavy atom. The van der Waals surface area contributed by atoms with Crippen LogP contribution < -0.4 is 0 Å². The van der Waals surface area contributed by atoms with Gasteiger partial charge in [-0.15, -0.1) is 0 Å². The Bertz CT molecular complexity index is 2400. The first-order valence-electron chi connectivity index (χ1n) is 28.1. The van der Waals surface area contributed by atoms with Crippen molar-refractivity contribution in [3.8, 4) is 0 Å². The smallest absolute Gasteiger partial charge is 0.459 e. The maximum absolute atomic E-state index is 15.0. The summed E-state index contributed by atoms with van der Waals surface area (Å²) in [5, 5.41) is 4.04. The monoisotopic (exact) mass is 1130 g/mol. The highest BCUT2D eigenvalue weighted by Gasteiger charge is 2.62. The summed E-state index contributed by atoms with van der Waals surface area (Å²) in [5.41, 5.74) is 12.0. The zero-order valence-corrected chi connectivity index (χ0v) is 50.5. The van der Waals surface area contributed by atoms with Gasteiger partial charge in [0.25, 0.3) is 5.79 Å². The van der Waals surface area contributed by atoms with Gasteiger partial charge >= 0.3 is 19.8 Å². The first kappa shape index (κ1) is 62.3. The molecule has 2 aromatic rings. The maximum Gasteiger partial charge on any atom is 0.475 e. The van der Waals surface area contributed by atoms with Crippen LogP contribution >= 0.6 is 7.82 Å². The van der Waals surface area contributed by atoms with Crippen LogP contribution in [0.4, 0.5) is 0 Å². The molecule has 78 heavy (non-hydrogen) atoms. The molecule has 5 unspecified atom stereocenters. The first-order chi connectivity index (χ1) is 36.8. The lowest BCUT2D eigenvalue weighted by atomic mass is 9.82. The van der Waals surface area contributed by atoms with Gasteiger partial charge in [0, 0.05) is 23.7 Å². The topological polar surface area (TPSA) is 220 Å². The molecule has 19 nitrogen and oxygen atoms in total. The summed E-state index contributed by atoms with van der Waals surface area (Å²) in [4.78, 5) is 32.3. The molecule has 2 aromatic carbocycles. The zero-order chi connectivity index (χ0) is 57.0. The summed E-state index contributed by atoms with van der Waals surface area (Å²) in [6.07, 6.45) is -7.09. The number of benzene rings is 2. The van der Waals surface area contributed by atoms with Gasteiger partial charge < -0.3 is 47.1 Å². The van der Waals surface area contributed by atoms with Crippen LogP contribution in [0.1, 0.15) is 132 Å². The van der Waals surface area contributed by atoms with E-state index in [1.54, 1.807) is 6.92 Å². The quantitative estimate of drug-likeness (QED) is 0.0267. The molecule has 4 saturated heterocycles. The van der Waals surface area contributed by atoms with E-state index < -0.39 is 114 Å². The first-order valence-corrected chi connectivity index (χ1v) is 32.5. The van der Waals surface area contributed by atoms with E-state index in [0.717, 1.165) is 16.7 Å². The number of carbonyl (C=O) groups excluding carboxylic acids is 2. The second kappa shape index (κ2) is 25.9. The molecule has 4 fully saturated rings. The molecular formula is C57H88N3O16PSi. The molecule has 16 atom stereocenters. The molecule has 5 heterocycles. The Labute approximate surface area is 463 Å². The molecule has 0 saturated carbocycles. The van der Waals surface area contributed by atoms with E-state index in [2.05, 4.69) is 50.8 Å². The minimum atomic E-state index is -4.50. The number of esters is 2. The third-order valence-corrected chi connectivity index (χ3v) is 23.6. The summed E-state index contributed by atoms with van der Waals surface area (Å²) < 4.78 is 100. The molecule has 0 aromatic heterocycles. The number of nitrogens with zero attached hydrogens (tertiary/aromatic N) is 3. The lowest BCUT2D eigenvalue weighted by Gasteiger charge is -2.50. The third kappa shape index (κ3) is 14.3. The molecule has 436 valence electrons.